The van der Waals surface area contributed by atoms with E-state index >= 15 is 0 Å². The molecule has 0 heterocycles. The molecule has 0 bridgehead atoms. The van der Waals surface area contributed by atoms with Crippen LogP contribution in [0.15, 0.2) is 41.3 Å². The lowest BCUT2D eigenvalue weighted by Gasteiger charge is -2.11. The Morgan fingerprint density at radius 2 is 1.83 bits per heavy atom. The molecular formula is C16H14FNO4S. The van der Waals surface area contributed by atoms with E-state index in [0.29, 0.717) is 0 Å². The fourth-order valence-corrected chi connectivity index (χ4v) is 3.76. The lowest BCUT2D eigenvalue weighted by molar-refractivity contribution is 0.0697. The van der Waals surface area contributed by atoms with Crippen LogP contribution in [0.5, 0.6) is 0 Å². The summed E-state index contributed by atoms with van der Waals surface area (Å²) in [6.07, 6.45) is 2.74. The Labute approximate surface area is 132 Å². The predicted octanol–water partition coefficient (Wildman–Crippen LogP) is 2.81. The smallest absolute Gasteiger partial charge is 0.335 e. The third-order valence-corrected chi connectivity index (χ3v) is 5.20. The minimum absolute atomic E-state index is 0.0401. The van der Waals surface area contributed by atoms with Gasteiger partial charge in [-0.05, 0) is 60.7 Å². The van der Waals surface area contributed by atoms with Crippen molar-refractivity contribution in [2.75, 3.05) is 4.72 Å². The third kappa shape index (κ3) is 3.05. The molecule has 0 unspecified atom stereocenters. The summed E-state index contributed by atoms with van der Waals surface area (Å²) in [6, 6.07) is 7.79. The van der Waals surface area contributed by atoms with E-state index in [2.05, 4.69) is 4.72 Å². The molecule has 2 aromatic rings. The molecule has 3 rings (SSSR count). The SMILES string of the molecule is O=C(O)c1ccc(F)c(NS(=O)(=O)c2ccc3c(c2)CCC3)c1. The number of aryl methyl sites for hydroxylation is 2. The molecule has 120 valence electrons. The number of rotatable bonds is 4. The van der Waals surface area contributed by atoms with Gasteiger partial charge >= 0.3 is 5.97 Å². The van der Waals surface area contributed by atoms with Crippen LogP contribution in [0.4, 0.5) is 10.1 Å². The highest BCUT2D eigenvalue weighted by Gasteiger charge is 2.20. The summed E-state index contributed by atoms with van der Waals surface area (Å²) >= 11 is 0. The first-order valence-corrected chi connectivity index (χ1v) is 8.52. The summed E-state index contributed by atoms with van der Waals surface area (Å²) in [6.45, 7) is 0. The van der Waals surface area contributed by atoms with Crippen molar-refractivity contribution in [3.8, 4) is 0 Å². The van der Waals surface area contributed by atoms with Crippen LogP contribution in [-0.4, -0.2) is 19.5 Å². The minimum atomic E-state index is -3.98. The third-order valence-electron chi connectivity index (χ3n) is 3.84. The molecule has 0 aliphatic heterocycles. The number of carboxylic acids is 1. The number of hydrogen-bond acceptors (Lipinski definition) is 3. The van der Waals surface area contributed by atoms with Gasteiger partial charge in [-0.25, -0.2) is 17.6 Å². The second-order valence-electron chi connectivity index (χ2n) is 5.39. The molecule has 0 radical (unpaired) electrons. The van der Waals surface area contributed by atoms with Gasteiger partial charge in [0.15, 0.2) is 0 Å². The van der Waals surface area contributed by atoms with Crippen molar-refractivity contribution >= 4 is 21.7 Å². The van der Waals surface area contributed by atoms with Gasteiger partial charge in [0.05, 0.1) is 16.1 Å². The van der Waals surface area contributed by atoms with Crippen LogP contribution in [0, 0.1) is 5.82 Å². The molecule has 0 fully saturated rings. The van der Waals surface area contributed by atoms with Crippen molar-refractivity contribution in [3.63, 3.8) is 0 Å². The summed E-state index contributed by atoms with van der Waals surface area (Å²) in [7, 11) is -3.98. The van der Waals surface area contributed by atoms with Crippen LogP contribution in [0.1, 0.15) is 27.9 Å². The van der Waals surface area contributed by atoms with Crippen molar-refractivity contribution in [2.24, 2.45) is 0 Å². The molecule has 0 saturated carbocycles. The number of hydrogen-bond donors (Lipinski definition) is 2. The Hall–Kier alpha value is -2.41. The highest BCUT2D eigenvalue weighted by atomic mass is 32.2. The molecule has 0 atom stereocenters. The lowest BCUT2D eigenvalue weighted by atomic mass is 10.1. The summed E-state index contributed by atoms with van der Waals surface area (Å²) in [5.41, 5.74) is 1.53. The number of sulfonamides is 1. The highest BCUT2D eigenvalue weighted by molar-refractivity contribution is 7.92. The van der Waals surface area contributed by atoms with E-state index in [1.807, 2.05) is 0 Å². The Morgan fingerprint density at radius 1 is 1.09 bits per heavy atom. The van der Waals surface area contributed by atoms with Gasteiger partial charge in [-0.2, -0.15) is 0 Å². The van der Waals surface area contributed by atoms with Gasteiger partial charge in [-0.3, -0.25) is 4.72 Å². The summed E-state index contributed by atoms with van der Waals surface area (Å²) in [4.78, 5) is 11.0. The zero-order valence-corrected chi connectivity index (χ0v) is 12.9. The minimum Gasteiger partial charge on any atom is -0.478 e. The number of benzene rings is 2. The van der Waals surface area contributed by atoms with Crippen molar-refractivity contribution in [2.45, 2.75) is 24.2 Å². The molecule has 0 spiro atoms. The maximum atomic E-state index is 13.8. The Bertz CT molecular complexity index is 893. The summed E-state index contributed by atoms with van der Waals surface area (Å²) < 4.78 is 40.7. The van der Waals surface area contributed by atoms with E-state index in [1.165, 1.54) is 6.07 Å². The van der Waals surface area contributed by atoms with E-state index in [0.717, 1.165) is 48.6 Å². The number of halogens is 1. The number of carboxylic acid groups (broad SMARTS) is 1. The van der Waals surface area contributed by atoms with Crippen LogP contribution < -0.4 is 4.72 Å². The second kappa shape index (κ2) is 5.66. The summed E-state index contributed by atoms with van der Waals surface area (Å²) in [5.74, 6) is -2.09. The van der Waals surface area contributed by atoms with E-state index in [9.17, 15) is 17.6 Å². The standard InChI is InChI=1S/C16H14FNO4S/c17-14-7-5-12(16(19)20)9-15(14)18-23(21,22)13-6-4-10-2-1-3-11(10)8-13/h4-9,18H,1-3H2,(H,19,20). The largest absolute Gasteiger partial charge is 0.478 e. The van der Waals surface area contributed by atoms with Gasteiger partial charge in [0.25, 0.3) is 10.0 Å². The maximum Gasteiger partial charge on any atom is 0.335 e. The van der Waals surface area contributed by atoms with E-state index in [1.54, 1.807) is 12.1 Å². The molecule has 0 saturated heterocycles. The van der Waals surface area contributed by atoms with Crippen LogP contribution in [-0.2, 0) is 22.9 Å². The number of anilines is 1. The summed E-state index contributed by atoms with van der Waals surface area (Å²) in [5, 5.41) is 8.92. The molecule has 5 nitrogen and oxygen atoms in total. The average molecular weight is 335 g/mol. The van der Waals surface area contributed by atoms with Gasteiger partial charge in [0.2, 0.25) is 0 Å². The fourth-order valence-electron chi connectivity index (χ4n) is 2.66. The maximum absolute atomic E-state index is 13.8. The van der Waals surface area contributed by atoms with Gasteiger partial charge in [-0.1, -0.05) is 6.07 Å². The van der Waals surface area contributed by atoms with Gasteiger partial charge in [0.1, 0.15) is 5.82 Å². The van der Waals surface area contributed by atoms with Crippen LogP contribution in [0.3, 0.4) is 0 Å². The number of nitrogens with one attached hydrogen (secondary N) is 1. The van der Waals surface area contributed by atoms with Gasteiger partial charge < -0.3 is 5.11 Å². The van der Waals surface area contributed by atoms with Crippen LogP contribution >= 0.6 is 0 Å². The zero-order valence-electron chi connectivity index (χ0n) is 12.0. The Morgan fingerprint density at radius 3 is 2.57 bits per heavy atom. The van der Waals surface area contributed by atoms with E-state index < -0.39 is 21.8 Å². The first kappa shape index (κ1) is 15.5. The highest BCUT2D eigenvalue weighted by Crippen LogP contribution is 2.26. The molecule has 2 N–H and O–H groups in total. The number of carbonyl (C=O) groups is 1. The first-order chi connectivity index (χ1) is 10.9. The zero-order chi connectivity index (χ0) is 16.6. The molecular weight excluding hydrogens is 321 g/mol. The molecule has 23 heavy (non-hydrogen) atoms. The topological polar surface area (TPSA) is 83.5 Å². The quantitative estimate of drug-likeness (QED) is 0.900. The Balaban J connectivity index is 1.95. The van der Waals surface area contributed by atoms with E-state index in [4.69, 9.17) is 5.11 Å². The fraction of sp³-hybridized carbons (Fsp3) is 0.188. The lowest BCUT2D eigenvalue weighted by Crippen LogP contribution is -2.15. The molecule has 1 aliphatic rings. The normalized spacial score (nSPS) is 13.6. The van der Waals surface area contributed by atoms with Crippen LogP contribution in [0.2, 0.25) is 0 Å². The van der Waals surface area contributed by atoms with Crippen molar-refractivity contribution in [1.82, 2.24) is 0 Å². The van der Waals surface area contributed by atoms with Crippen molar-refractivity contribution < 1.29 is 22.7 Å². The Kier molecular flexibility index (Phi) is 3.81. The monoisotopic (exact) mass is 335 g/mol. The van der Waals surface area contributed by atoms with Crippen LogP contribution in [0.25, 0.3) is 0 Å². The number of aromatic carboxylic acids is 1. The first-order valence-electron chi connectivity index (χ1n) is 7.04. The molecule has 7 heteroatoms. The second-order valence-corrected chi connectivity index (χ2v) is 7.07. The van der Waals surface area contributed by atoms with E-state index in [-0.39, 0.29) is 16.1 Å². The van der Waals surface area contributed by atoms with Gasteiger partial charge in [0, 0.05) is 0 Å². The molecule has 0 aromatic heterocycles. The number of fused-ring (bicyclic) bond motifs is 1. The predicted molar refractivity (Wildman–Crippen MR) is 82.6 cm³/mol. The van der Waals surface area contributed by atoms with Gasteiger partial charge in [-0.15, -0.1) is 0 Å². The molecule has 0 amide bonds. The molecule has 2 aromatic carbocycles. The molecule has 1 aliphatic carbocycles. The average Bonchev–Trinajstić information content (AvgIpc) is 2.96. The van der Waals surface area contributed by atoms with Crippen molar-refractivity contribution in [3.05, 3.63) is 58.9 Å². The van der Waals surface area contributed by atoms with Crippen molar-refractivity contribution in [1.29, 1.82) is 0 Å².